The molecular formula is C38H48N4O14. The number of aliphatic hydroxyl groups excluding tert-OH is 1. The molecule has 2 amide bonds. The molecule has 56 heavy (non-hydrogen) atoms. The molecule has 304 valence electrons. The number of benzene rings is 2. The Labute approximate surface area is 321 Å². The van der Waals surface area contributed by atoms with Crippen LogP contribution in [0.1, 0.15) is 107 Å². The number of ketones is 3. The van der Waals surface area contributed by atoms with Crippen molar-refractivity contribution in [3.63, 3.8) is 0 Å². The Hall–Kier alpha value is -4.98. The Morgan fingerprint density at radius 1 is 1.04 bits per heavy atom. The molecule has 0 radical (unpaired) electrons. The van der Waals surface area contributed by atoms with Gasteiger partial charge in [-0.05, 0) is 38.7 Å². The summed E-state index contributed by atoms with van der Waals surface area (Å²) < 4.78 is 22.4. The Morgan fingerprint density at radius 3 is 2.43 bits per heavy atom. The maximum absolute atomic E-state index is 13.9. The van der Waals surface area contributed by atoms with E-state index in [2.05, 4.69) is 5.32 Å². The number of methoxy groups -OCH3 is 1. The number of amides is 2. The largest absolute Gasteiger partial charge is 0.507 e. The minimum Gasteiger partial charge on any atom is -0.507 e. The first-order valence-corrected chi connectivity index (χ1v) is 18.3. The highest BCUT2D eigenvalue weighted by Crippen LogP contribution is 2.52. The number of hydrogen-bond acceptors (Lipinski definition) is 16. The third-order valence-electron chi connectivity index (χ3n) is 10.4. The van der Waals surface area contributed by atoms with E-state index >= 15 is 0 Å². The van der Waals surface area contributed by atoms with Crippen molar-refractivity contribution in [3.05, 3.63) is 51.6 Å². The van der Waals surface area contributed by atoms with Crippen LogP contribution in [0.25, 0.3) is 0 Å². The molecule has 1 saturated heterocycles. The molecule has 18 nitrogen and oxygen atoms in total. The van der Waals surface area contributed by atoms with E-state index < -0.39 is 114 Å². The molecule has 0 unspecified atom stereocenters. The first-order chi connectivity index (χ1) is 26.5. The molecule has 0 aromatic heterocycles. The number of phenolic OH excluding ortho intramolecular Hbond substituents is 2. The SMILES string of the molecule is COc1cccc2c1C(=O)c1c(O)c3c(c(O)c1C2=O)C[C@@](O)(C(=O)COC(=O)CCCC(=O)NCCCC[C@@H](N)C(N)=O)C[C@@H]3O[C@H]1C[C@H](N)[C@H](O)[C@H](C)O1. The smallest absolute Gasteiger partial charge is 0.306 e. The van der Waals surface area contributed by atoms with Gasteiger partial charge in [-0.25, -0.2) is 0 Å². The van der Waals surface area contributed by atoms with Crippen molar-refractivity contribution in [2.24, 2.45) is 17.2 Å². The molecule has 0 bridgehead atoms. The number of unbranched alkanes of at least 4 members (excludes halogenated alkanes) is 1. The molecule has 5 rings (SSSR count). The van der Waals surface area contributed by atoms with Gasteiger partial charge in [0.1, 0.15) is 22.8 Å². The van der Waals surface area contributed by atoms with Gasteiger partial charge in [-0.2, -0.15) is 0 Å². The normalized spacial score (nSPS) is 24.6. The van der Waals surface area contributed by atoms with Crippen LogP contribution in [0.15, 0.2) is 18.2 Å². The van der Waals surface area contributed by atoms with Crippen molar-refractivity contribution < 1.29 is 68.1 Å². The highest BCUT2D eigenvalue weighted by molar-refractivity contribution is 6.31. The fourth-order valence-electron chi connectivity index (χ4n) is 7.30. The lowest BCUT2D eigenvalue weighted by Crippen LogP contribution is -2.53. The molecule has 7 atom stereocenters. The summed E-state index contributed by atoms with van der Waals surface area (Å²) in [5.74, 6) is -5.84. The molecule has 1 fully saturated rings. The molecule has 3 aliphatic rings. The maximum atomic E-state index is 13.9. The highest BCUT2D eigenvalue weighted by Gasteiger charge is 2.50. The Balaban J connectivity index is 1.32. The fraction of sp³-hybridized carbons (Fsp3) is 0.526. The minimum absolute atomic E-state index is 0.0162. The molecule has 11 N–H and O–H groups in total. The Kier molecular flexibility index (Phi) is 13.1. The monoisotopic (exact) mass is 784 g/mol. The number of primary amides is 1. The van der Waals surface area contributed by atoms with Crippen LogP contribution in [0.3, 0.4) is 0 Å². The van der Waals surface area contributed by atoms with Crippen LogP contribution in [0.4, 0.5) is 0 Å². The summed E-state index contributed by atoms with van der Waals surface area (Å²) >= 11 is 0. The van der Waals surface area contributed by atoms with Crippen molar-refractivity contribution >= 4 is 35.1 Å². The van der Waals surface area contributed by atoms with Crippen LogP contribution in [-0.2, 0) is 39.8 Å². The van der Waals surface area contributed by atoms with Crippen LogP contribution >= 0.6 is 0 Å². The Morgan fingerprint density at radius 2 is 1.75 bits per heavy atom. The third-order valence-corrected chi connectivity index (χ3v) is 10.4. The lowest BCUT2D eigenvalue weighted by Gasteiger charge is -2.42. The van der Waals surface area contributed by atoms with Crippen LogP contribution in [0.5, 0.6) is 17.2 Å². The molecule has 1 aliphatic heterocycles. The van der Waals surface area contributed by atoms with Gasteiger partial charge in [0.15, 0.2) is 18.7 Å². The summed E-state index contributed by atoms with van der Waals surface area (Å²) in [5.41, 5.74) is 12.7. The lowest BCUT2D eigenvalue weighted by atomic mass is 9.72. The number of Topliss-reactive ketones (excluding diaryl/α,β-unsaturated/α-hetero) is 1. The van der Waals surface area contributed by atoms with E-state index in [1.165, 1.54) is 25.3 Å². The number of aromatic hydroxyl groups is 2. The van der Waals surface area contributed by atoms with E-state index in [-0.39, 0.29) is 59.6 Å². The number of aliphatic hydroxyl groups is 2. The van der Waals surface area contributed by atoms with Gasteiger partial charge in [-0.3, -0.25) is 28.8 Å². The van der Waals surface area contributed by atoms with Gasteiger partial charge in [0.25, 0.3) is 0 Å². The number of rotatable bonds is 16. The van der Waals surface area contributed by atoms with Gasteiger partial charge < -0.3 is 61.9 Å². The number of hydrogen-bond donors (Lipinski definition) is 8. The lowest BCUT2D eigenvalue weighted by molar-refractivity contribution is -0.247. The quantitative estimate of drug-likeness (QED) is 0.0531. The predicted molar refractivity (Wildman–Crippen MR) is 194 cm³/mol. The average molecular weight is 785 g/mol. The Bertz CT molecular complexity index is 1890. The number of esters is 1. The number of nitrogens with two attached hydrogens (primary N) is 3. The van der Waals surface area contributed by atoms with Crippen molar-refractivity contribution in [1.29, 1.82) is 0 Å². The molecule has 0 spiro atoms. The van der Waals surface area contributed by atoms with Crippen LogP contribution < -0.4 is 27.3 Å². The molecular weight excluding hydrogens is 736 g/mol. The number of ether oxygens (including phenoxy) is 4. The topological polar surface area (TPSA) is 310 Å². The number of carbonyl (C=O) groups excluding carboxylic acids is 6. The first-order valence-electron chi connectivity index (χ1n) is 18.3. The number of carbonyl (C=O) groups is 6. The number of phenols is 2. The van der Waals surface area contributed by atoms with Crippen molar-refractivity contribution in [1.82, 2.24) is 5.32 Å². The summed E-state index contributed by atoms with van der Waals surface area (Å²) in [4.78, 5) is 77.1. The minimum atomic E-state index is -2.40. The van der Waals surface area contributed by atoms with Crippen LogP contribution in [0, 0.1) is 0 Å². The van der Waals surface area contributed by atoms with E-state index in [1.807, 2.05) is 0 Å². The summed E-state index contributed by atoms with van der Waals surface area (Å²) in [7, 11) is 1.30. The number of fused-ring (bicyclic) bond motifs is 3. The van der Waals surface area contributed by atoms with Crippen molar-refractivity contribution in [2.45, 2.75) is 107 Å². The fourth-order valence-corrected chi connectivity index (χ4v) is 7.30. The maximum Gasteiger partial charge on any atom is 0.306 e. The molecule has 2 aromatic rings. The van der Waals surface area contributed by atoms with Gasteiger partial charge in [0.2, 0.25) is 23.4 Å². The second-order valence-corrected chi connectivity index (χ2v) is 14.4. The van der Waals surface area contributed by atoms with Gasteiger partial charge in [0, 0.05) is 61.4 Å². The molecule has 1 heterocycles. The van der Waals surface area contributed by atoms with E-state index in [0.717, 1.165) is 0 Å². The standard InChI is InChI=1S/C38H48N4O14/c1-17-32(46)21(40)13-27(55-17)56-23-15-38(52,24(43)16-54-26(45)11-6-10-25(44)42-12-4-3-8-20(39)37(41)51)14-19-29(23)36(50)31-30(34(19)48)33(47)18-7-5-9-22(53-2)28(18)35(31)49/h5,7,9,17,20-21,23,27,32,46,48,50,52H,3-4,6,8,10-16,39-40H2,1-2H3,(H2,41,51)(H,42,44)/t17-,20+,21-,23-,27-,32+,38-/m0/s1. The van der Waals surface area contributed by atoms with E-state index in [0.29, 0.717) is 25.8 Å². The zero-order chi connectivity index (χ0) is 41.1. The average Bonchev–Trinajstić information content (AvgIpc) is 3.15. The van der Waals surface area contributed by atoms with E-state index in [1.54, 1.807) is 6.92 Å². The second-order valence-electron chi connectivity index (χ2n) is 14.4. The van der Waals surface area contributed by atoms with E-state index in [9.17, 15) is 49.2 Å². The number of nitrogens with one attached hydrogen (secondary N) is 1. The van der Waals surface area contributed by atoms with Crippen LogP contribution in [-0.4, -0.2) is 112 Å². The van der Waals surface area contributed by atoms with Crippen molar-refractivity contribution in [3.8, 4) is 17.2 Å². The highest BCUT2D eigenvalue weighted by atomic mass is 16.7. The molecule has 2 aliphatic carbocycles. The third kappa shape index (κ3) is 8.69. The summed E-state index contributed by atoms with van der Waals surface area (Å²) in [6, 6.07) is 2.74. The van der Waals surface area contributed by atoms with E-state index in [4.69, 9.17) is 36.1 Å². The molecule has 0 saturated carbocycles. The predicted octanol–water partition coefficient (Wildman–Crippen LogP) is -0.178. The van der Waals surface area contributed by atoms with Gasteiger partial charge in [0.05, 0.1) is 48.2 Å². The second kappa shape index (κ2) is 17.4. The molecule has 18 heteroatoms. The van der Waals surface area contributed by atoms with Gasteiger partial charge >= 0.3 is 5.97 Å². The first kappa shape index (κ1) is 42.2. The van der Waals surface area contributed by atoms with Gasteiger partial charge in [-0.1, -0.05) is 12.1 Å². The summed E-state index contributed by atoms with van der Waals surface area (Å²) in [6.45, 7) is 0.976. The van der Waals surface area contributed by atoms with Crippen molar-refractivity contribution in [2.75, 3.05) is 20.3 Å². The zero-order valence-electron chi connectivity index (χ0n) is 31.1. The summed E-state index contributed by atoms with van der Waals surface area (Å²) in [6.07, 6.45) is -4.37. The molecule has 2 aromatic carbocycles. The summed E-state index contributed by atoms with van der Waals surface area (Å²) in [5, 5.41) is 48.3. The van der Waals surface area contributed by atoms with Crippen LogP contribution in [0.2, 0.25) is 0 Å². The van der Waals surface area contributed by atoms with Gasteiger partial charge in [-0.15, -0.1) is 0 Å². The zero-order valence-corrected chi connectivity index (χ0v) is 31.1.